The Labute approximate surface area is 120 Å². The number of carbonyl (C=O) groups is 1. The summed E-state index contributed by atoms with van der Waals surface area (Å²) < 4.78 is 5.97. The molecule has 0 aliphatic rings. The van der Waals surface area contributed by atoms with Gasteiger partial charge in [0.2, 0.25) is 11.1 Å². The molecule has 0 spiro atoms. The van der Waals surface area contributed by atoms with Gasteiger partial charge in [-0.05, 0) is 31.5 Å². The average molecular weight is 293 g/mol. The Kier molecular flexibility index (Phi) is 3.90. The van der Waals surface area contributed by atoms with Crippen LogP contribution in [0, 0.1) is 13.8 Å². The summed E-state index contributed by atoms with van der Waals surface area (Å²) in [6, 6.07) is 5.42. The maximum absolute atomic E-state index is 11.9. The number of halogens is 1. The van der Waals surface area contributed by atoms with Crippen molar-refractivity contribution in [3.8, 4) is 5.69 Å². The van der Waals surface area contributed by atoms with E-state index in [4.69, 9.17) is 11.6 Å². The lowest BCUT2D eigenvalue weighted by atomic mass is 10.2. The Balaban J connectivity index is 2.67. The smallest absolute Gasteiger partial charge is 0.362 e. The molecule has 0 aliphatic heterocycles. The van der Waals surface area contributed by atoms with Crippen LogP contribution in [0.1, 0.15) is 21.6 Å². The molecule has 1 heterocycles. The highest BCUT2D eigenvalue weighted by atomic mass is 35.5. The highest BCUT2D eigenvalue weighted by Crippen LogP contribution is 2.20. The van der Waals surface area contributed by atoms with Crippen molar-refractivity contribution in [3.63, 3.8) is 0 Å². The molecule has 6 heteroatoms. The first-order valence-electron chi connectivity index (χ1n) is 5.89. The second-order valence-corrected chi connectivity index (χ2v) is 4.79. The van der Waals surface area contributed by atoms with Gasteiger partial charge in [-0.15, -0.1) is 0 Å². The molecule has 0 radical (unpaired) electrons. The molecular formula is C14H13ClN2O3. The number of benzene rings is 1. The van der Waals surface area contributed by atoms with Gasteiger partial charge >= 0.3 is 5.97 Å². The molecule has 0 atom stereocenters. The Morgan fingerprint density at radius 1 is 1.35 bits per heavy atom. The molecule has 20 heavy (non-hydrogen) atoms. The number of aromatic nitrogens is 2. The largest absolute Gasteiger partial charge is 0.464 e. The van der Waals surface area contributed by atoms with E-state index in [0.29, 0.717) is 16.3 Å². The van der Waals surface area contributed by atoms with Crippen LogP contribution in [-0.4, -0.2) is 22.9 Å². The highest BCUT2D eigenvalue weighted by molar-refractivity contribution is 6.32. The van der Waals surface area contributed by atoms with Crippen LogP contribution in [0.2, 0.25) is 5.02 Å². The Morgan fingerprint density at radius 3 is 2.65 bits per heavy atom. The van der Waals surface area contributed by atoms with Crippen molar-refractivity contribution in [2.45, 2.75) is 13.8 Å². The number of ether oxygens (including phenoxy) is 1. The predicted octanol–water partition coefficient (Wildman–Crippen LogP) is 2.29. The fraction of sp³-hybridized carbons (Fsp3) is 0.214. The van der Waals surface area contributed by atoms with Gasteiger partial charge in [0.25, 0.3) is 0 Å². The molecular weight excluding hydrogens is 280 g/mol. The van der Waals surface area contributed by atoms with Gasteiger partial charge in [-0.25, -0.2) is 9.48 Å². The molecule has 0 saturated heterocycles. The summed E-state index contributed by atoms with van der Waals surface area (Å²) in [4.78, 5) is 23.5. The van der Waals surface area contributed by atoms with E-state index in [-0.39, 0.29) is 5.69 Å². The summed E-state index contributed by atoms with van der Waals surface area (Å²) in [6.07, 6.45) is 1.53. The lowest BCUT2D eigenvalue weighted by Gasteiger charge is -2.10. The Morgan fingerprint density at radius 2 is 2.05 bits per heavy atom. The maximum Gasteiger partial charge on any atom is 0.362 e. The zero-order valence-electron chi connectivity index (χ0n) is 11.3. The Bertz CT molecular complexity index is 738. The van der Waals surface area contributed by atoms with Crippen molar-refractivity contribution in [2.24, 2.45) is 0 Å². The normalized spacial score (nSPS) is 10.4. The highest BCUT2D eigenvalue weighted by Gasteiger charge is 2.16. The molecule has 0 fully saturated rings. The van der Waals surface area contributed by atoms with E-state index < -0.39 is 11.4 Å². The van der Waals surface area contributed by atoms with E-state index in [9.17, 15) is 9.59 Å². The average Bonchev–Trinajstić information content (AvgIpc) is 2.41. The molecule has 2 aromatic rings. The first-order chi connectivity index (χ1) is 9.43. The minimum atomic E-state index is -0.768. The number of hydrogen-bond donors (Lipinski definition) is 0. The minimum absolute atomic E-state index is 0.260. The van der Waals surface area contributed by atoms with E-state index in [1.165, 1.54) is 18.0 Å². The second-order valence-electron chi connectivity index (χ2n) is 4.38. The van der Waals surface area contributed by atoms with Gasteiger partial charge < -0.3 is 4.74 Å². The van der Waals surface area contributed by atoms with Gasteiger partial charge in [-0.1, -0.05) is 17.7 Å². The maximum atomic E-state index is 11.9. The zero-order chi connectivity index (χ0) is 14.9. The molecule has 104 valence electrons. The van der Waals surface area contributed by atoms with Crippen molar-refractivity contribution in [2.75, 3.05) is 7.11 Å². The fourth-order valence-corrected chi connectivity index (χ4v) is 2.08. The molecule has 0 saturated carbocycles. The van der Waals surface area contributed by atoms with Crippen molar-refractivity contribution in [1.29, 1.82) is 0 Å². The van der Waals surface area contributed by atoms with Crippen molar-refractivity contribution < 1.29 is 9.53 Å². The van der Waals surface area contributed by atoms with Gasteiger partial charge in [0.1, 0.15) is 0 Å². The molecule has 0 unspecified atom stereocenters. The standard InChI is InChI=1S/C14H13ClN2O3/c1-8-4-5-11(10(15)6-8)17-7-9(2)13(18)12(16-17)14(19)20-3/h4-7H,1-3H3. The lowest BCUT2D eigenvalue weighted by molar-refractivity contribution is 0.0590. The predicted molar refractivity (Wildman–Crippen MR) is 75.7 cm³/mol. The number of hydrogen-bond acceptors (Lipinski definition) is 4. The van der Waals surface area contributed by atoms with E-state index in [2.05, 4.69) is 9.84 Å². The fourth-order valence-electron chi connectivity index (χ4n) is 1.76. The van der Waals surface area contributed by atoms with E-state index >= 15 is 0 Å². The van der Waals surface area contributed by atoms with Crippen LogP contribution in [0.15, 0.2) is 29.2 Å². The molecule has 0 bridgehead atoms. The minimum Gasteiger partial charge on any atom is -0.464 e. The molecule has 0 aliphatic carbocycles. The second kappa shape index (κ2) is 5.46. The number of carbonyl (C=O) groups excluding carboxylic acids is 1. The van der Waals surface area contributed by atoms with Crippen LogP contribution in [0.25, 0.3) is 5.69 Å². The van der Waals surface area contributed by atoms with Crippen LogP contribution in [0.4, 0.5) is 0 Å². The molecule has 0 N–H and O–H groups in total. The number of nitrogens with zero attached hydrogens (tertiary/aromatic N) is 2. The molecule has 5 nitrogen and oxygen atoms in total. The van der Waals surface area contributed by atoms with Gasteiger partial charge in [0, 0.05) is 11.8 Å². The molecule has 1 aromatic heterocycles. The number of aryl methyl sites for hydroxylation is 2. The van der Waals surface area contributed by atoms with Crippen molar-refractivity contribution in [1.82, 2.24) is 9.78 Å². The van der Waals surface area contributed by atoms with Gasteiger partial charge in [0.05, 0.1) is 17.8 Å². The summed E-state index contributed by atoms with van der Waals surface area (Å²) in [6.45, 7) is 3.52. The van der Waals surface area contributed by atoms with Crippen LogP contribution in [0.5, 0.6) is 0 Å². The first-order valence-corrected chi connectivity index (χ1v) is 6.27. The van der Waals surface area contributed by atoms with Crippen molar-refractivity contribution >= 4 is 17.6 Å². The van der Waals surface area contributed by atoms with Gasteiger partial charge in [-0.2, -0.15) is 5.10 Å². The van der Waals surface area contributed by atoms with Crippen LogP contribution >= 0.6 is 11.6 Å². The third-order valence-electron chi connectivity index (χ3n) is 2.83. The third kappa shape index (κ3) is 2.58. The summed E-state index contributed by atoms with van der Waals surface area (Å²) in [5.74, 6) is -0.768. The van der Waals surface area contributed by atoms with E-state index in [1.807, 2.05) is 13.0 Å². The van der Waals surface area contributed by atoms with Gasteiger partial charge in [0.15, 0.2) is 0 Å². The van der Waals surface area contributed by atoms with Gasteiger partial charge in [-0.3, -0.25) is 4.79 Å². The Hall–Kier alpha value is -2.14. The number of rotatable bonds is 2. The SMILES string of the molecule is COC(=O)c1nn(-c2ccc(C)cc2Cl)cc(C)c1=O. The molecule has 1 aromatic carbocycles. The van der Waals surface area contributed by atoms with Crippen molar-refractivity contribution in [3.05, 3.63) is 56.5 Å². The summed E-state index contributed by atoms with van der Waals surface area (Å²) in [5, 5.41) is 4.49. The topological polar surface area (TPSA) is 61.2 Å². The van der Waals surface area contributed by atoms with Crippen LogP contribution < -0.4 is 5.43 Å². The summed E-state index contributed by atoms with van der Waals surface area (Å²) in [7, 11) is 1.20. The summed E-state index contributed by atoms with van der Waals surface area (Å²) in [5.41, 5.74) is 1.27. The monoisotopic (exact) mass is 292 g/mol. The quantitative estimate of drug-likeness (QED) is 0.797. The molecule has 2 rings (SSSR count). The van der Waals surface area contributed by atoms with Crippen LogP contribution in [-0.2, 0) is 4.74 Å². The van der Waals surface area contributed by atoms with E-state index in [0.717, 1.165) is 5.56 Å². The number of esters is 1. The van der Waals surface area contributed by atoms with Crippen LogP contribution in [0.3, 0.4) is 0 Å². The number of methoxy groups -OCH3 is 1. The lowest BCUT2D eigenvalue weighted by Crippen LogP contribution is -2.24. The zero-order valence-corrected chi connectivity index (χ0v) is 12.1. The molecule has 0 amide bonds. The summed E-state index contributed by atoms with van der Waals surface area (Å²) >= 11 is 6.17. The van der Waals surface area contributed by atoms with E-state index in [1.54, 1.807) is 19.1 Å². The third-order valence-corrected chi connectivity index (χ3v) is 3.13. The first kappa shape index (κ1) is 14.3.